The first-order valence-electron chi connectivity index (χ1n) is 12.7. The minimum Gasteiger partial charge on any atom is -0.399 e. The zero-order chi connectivity index (χ0) is 24.3. The number of halogens is 1. The van der Waals surface area contributed by atoms with E-state index in [2.05, 4.69) is 24.0 Å². The van der Waals surface area contributed by atoms with Crippen LogP contribution in [0, 0.1) is 36.4 Å². The summed E-state index contributed by atoms with van der Waals surface area (Å²) in [5, 5.41) is 10.4. The Morgan fingerprint density at radius 1 is 1.03 bits per heavy atom. The normalized spacial score (nSPS) is 25.9. The van der Waals surface area contributed by atoms with Crippen molar-refractivity contribution in [3.8, 4) is 22.4 Å². The number of rotatable bonds is 4. The number of aromatic amines is 1. The molecule has 2 fully saturated rings. The van der Waals surface area contributed by atoms with E-state index in [1.807, 2.05) is 43.3 Å². The van der Waals surface area contributed by atoms with Crippen molar-refractivity contribution in [3.63, 3.8) is 0 Å². The SMILES string of the molecule is Cc1cc(-c2ccc(-c3nc4cc(CC5CCC6C(O)CC(C)C56)[nH]c4cc3F)cc2)ccc1N. The zero-order valence-electron chi connectivity index (χ0n) is 20.3. The van der Waals surface area contributed by atoms with Gasteiger partial charge in [0, 0.05) is 23.0 Å². The molecule has 5 atom stereocenters. The van der Waals surface area contributed by atoms with Crippen molar-refractivity contribution in [2.24, 2.45) is 23.7 Å². The molecule has 5 heteroatoms. The number of aromatic nitrogens is 2. The molecule has 35 heavy (non-hydrogen) atoms. The average molecular weight is 470 g/mol. The standard InChI is InChI=1S/C30H32FN3O/c1-16-11-20(8-10-25(16)32)18-3-5-19(6-4-18)30-24(31)15-27-26(34-30)14-22(33-27)13-21-7-9-23-28(35)12-17(2)29(21)23/h3-6,8,10-11,14-15,17,21,23,28-29,33,35H,7,9,12-13,32H2,1-2H3. The largest absolute Gasteiger partial charge is 0.399 e. The first kappa shape index (κ1) is 22.3. The number of hydrogen-bond donors (Lipinski definition) is 3. The van der Waals surface area contributed by atoms with Gasteiger partial charge in [-0.05, 0) is 91.2 Å². The second-order valence-corrected chi connectivity index (χ2v) is 10.8. The highest BCUT2D eigenvalue weighted by Crippen LogP contribution is 2.51. The Hall–Kier alpha value is -3.18. The number of nitrogen functional groups attached to an aromatic ring is 1. The molecule has 2 heterocycles. The lowest BCUT2D eigenvalue weighted by Gasteiger charge is -2.22. The van der Waals surface area contributed by atoms with Crippen LogP contribution in [0.1, 0.15) is 37.4 Å². The molecule has 0 amide bonds. The molecule has 180 valence electrons. The maximum absolute atomic E-state index is 15.1. The van der Waals surface area contributed by atoms with Gasteiger partial charge in [-0.1, -0.05) is 37.3 Å². The summed E-state index contributed by atoms with van der Waals surface area (Å²) in [6.45, 7) is 4.27. The number of nitrogens with zero attached hydrogens (tertiary/aromatic N) is 1. The van der Waals surface area contributed by atoms with Crippen LogP contribution in [0.4, 0.5) is 10.1 Å². The maximum Gasteiger partial charge on any atom is 0.151 e. The van der Waals surface area contributed by atoms with Crippen LogP contribution in [0.5, 0.6) is 0 Å². The van der Waals surface area contributed by atoms with Gasteiger partial charge in [0.1, 0.15) is 5.69 Å². The first-order valence-corrected chi connectivity index (χ1v) is 12.7. The first-order chi connectivity index (χ1) is 16.9. The molecule has 0 spiro atoms. The maximum atomic E-state index is 15.1. The third kappa shape index (κ3) is 3.92. The van der Waals surface area contributed by atoms with E-state index in [9.17, 15) is 5.11 Å². The lowest BCUT2D eigenvalue weighted by atomic mass is 9.83. The minimum absolute atomic E-state index is 0.142. The number of fused-ring (bicyclic) bond motifs is 2. The third-order valence-corrected chi connectivity index (χ3v) is 8.53. The monoisotopic (exact) mass is 469 g/mol. The van der Waals surface area contributed by atoms with Crippen molar-refractivity contribution in [3.05, 3.63) is 71.7 Å². The second kappa shape index (κ2) is 8.49. The molecule has 0 radical (unpaired) electrons. The highest BCUT2D eigenvalue weighted by Gasteiger charge is 2.47. The number of aryl methyl sites for hydroxylation is 1. The number of nitrogens with one attached hydrogen (secondary N) is 1. The highest BCUT2D eigenvalue weighted by atomic mass is 19.1. The Labute approximate surface area is 205 Å². The van der Waals surface area contributed by atoms with E-state index in [4.69, 9.17) is 10.7 Å². The summed E-state index contributed by atoms with van der Waals surface area (Å²) in [6, 6.07) is 17.5. The smallest absolute Gasteiger partial charge is 0.151 e. The molecule has 5 unspecified atom stereocenters. The molecule has 0 saturated heterocycles. The molecule has 2 aliphatic rings. The second-order valence-electron chi connectivity index (χ2n) is 10.8. The fourth-order valence-electron chi connectivity index (χ4n) is 6.79. The molecule has 4 aromatic rings. The number of aliphatic hydroxyl groups excluding tert-OH is 1. The van der Waals surface area contributed by atoms with Crippen LogP contribution in [0.2, 0.25) is 0 Å². The Kier molecular flexibility index (Phi) is 5.41. The van der Waals surface area contributed by atoms with Gasteiger partial charge in [-0.25, -0.2) is 9.37 Å². The summed E-state index contributed by atoms with van der Waals surface area (Å²) >= 11 is 0. The van der Waals surface area contributed by atoms with E-state index in [-0.39, 0.29) is 11.9 Å². The van der Waals surface area contributed by atoms with Crippen molar-refractivity contribution in [2.45, 2.75) is 45.6 Å². The van der Waals surface area contributed by atoms with Crippen molar-refractivity contribution in [2.75, 3.05) is 5.73 Å². The summed E-state index contributed by atoms with van der Waals surface area (Å²) in [5.74, 6) is 1.83. The van der Waals surface area contributed by atoms with Gasteiger partial charge in [0.15, 0.2) is 5.82 Å². The van der Waals surface area contributed by atoms with Crippen LogP contribution < -0.4 is 5.73 Å². The molecular formula is C30H32FN3O. The fraction of sp³-hybridized carbons (Fsp3) is 0.367. The van der Waals surface area contributed by atoms with E-state index in [0.717, 1.165) is 70.4 Å². The van der Waals surface area contributed by atoms with Gasteiger partial charge in [-0.15, -0.1) is 0 Å². The predicted octanol–water partition coefficient (Wildman–Crippen LogP) is 6.51. The summed E-state index contributed by atoms with van der Waals surface area (Å²) in [6.07, 6.45) is 3.98. The van der Waals surface area contributed by atoms with Gasteiger partial charge in [-0.3, -0.25) is 0 Å². The third-order valence-electron chi connectivity index (χ3n) is 8.53. The molecule has 0 aliphatic heterocycles. The Bertz CT molecular complexity index is 1390. The summed E-state index contributed by atoms with van der Waals surface area (Å²) in [5.41, 5.74) is 13.7. The quantitative estimate of drug-likeness (QED) is 0.298. The van der Waals surface area contributed by atoms with Gasteiger partial charge >= 0.3 is 0 Å². The lowest BCUT2D eigenvalue weighted by molar-refractivity contribution is 0.124. The van der Waals surface area contributed by atoms with Gasteiger partial charge in [0.05, 0.1) is 17.1 Å². The predicted molar refractivity (Wildman–Crippen MR) is 139 cm³/mol. The number of H-pyrrole nitrogens is 1. The van der Waals surface area contributed by atoms with Crippen LogP contribution in [-0.2, 0) is 6.42 Å². The topological polar surface area (TPSA) is 74.9 Å². The highest BCUT2D eigenvalue weighted by molar-refractivity contribution is 5.80. The summed E-state index contributed by atoms with van der Waals surface area (Å²) < 4.78 is 15.1. The van der Waals surface area contributed by atoms with E-state index in [1.54, 1.807) is 6.07 Å². The Morgan fingerprint density at radius 2 is 1.77 bits per heavy atom. The molecule has 2 aromatic heterocycles. The van der Waals surface area contributed by atoms with E-state index in [1.165, 1.54) is 0 Å². The summed E-state index contributed by atoms with van der Waals surface area (Å²) in [7, 11) is 0. The average Bonchev–Trinajstić information content (AvgIpc) is 3.51. The Balaban J connectivity index is 1.25. The van der Waals surface area contributed by atoms with Gasteiger partial charge in [0.25, 0.3) is 0 Å². The van der Waals surface area contributed by atoms with Crippen LogP contribution in [0.3, 0.4) is 0 Å². The van der Waals surface area contributed by atoms with Gasteiger partial charge in [-0.2, -0.15) is 0 Å². The molecule has 2 aliphatic carbocycles. The Morgan fingerprint density at radius 3 is 2.54 bits per heavy atom. The van der Waals surface area contributed by atoms with E-state index >= 15 is 4.39 Å². The minimum atomic E-state index is -0.324. The molecular weight excluding hydrogens is 437 g/mol. The van der Waals surface area contributed by atoms with Crippen LogP contribution >= 0.6 is 0 Å². The molecule has 2 saturated carbocycles. The van der Waals surface area contributed by atoms with Gasteiger partial charge in [0.2, 0.25) is 0 Å². The lowest BCUT2D eigenvalue weighted by Crippen LogP contribution is -2.19. The van der Waals surface area contributed by atoms with Crippen molar-refractivity contribution < 1.29 is 9.50 Å². The van der Waals surface area contributed by atoms with Crippen LogP contribution in [0.15, 0.2) is 54.6 Å². The molecule has 4 nitrogen and oxygen atoms in total. The molecule has 6 rings (SSSR count). The van der Waals surface area contributed by atoms with Crippen molar-refractivity contribution in [1.82, 2.24) is 9.97 Å². The van der Waals surface area contributed by atoms with E-state index in [0.29, 0.717) is 29.4 Å². The number of anilines is 1. The zero-order valence-corrected chi connectivity index (χ0v) is 20.3. The number of pyridine rings is 1. The summed E-state index contributed by atoms with van der Waals surface area (Å²) in [4.78, 5) is 8.11. The van der Waals surface area contributed by atoms with E-state index < -0.39 is 0 Å². The van der Waals surface area contributed by atoms with Crippen LogP contribution in [-0.4, -0.2) is 21.2 Å². The van der Waals surface area contributed by atoms with Gasteiger partial charge < -0.3 is 15.8 Å². The number of benzene rings is 2. The number of nitrogens with two attached hydrogens (primary N) is 1. The molecule has 0 bridgehead atoms. The molecule has 4 N–H and O–H groups in total. The van der Waals surface area contributed by atoms with Crippen molar-refractivity contribution in [1.29, 1.82) is 0 Å². The number of aliphatic hydroxyl groups is 1. The van der Waals surface area contributed by atoms with Crippen molar-refractivity contribution >= 4 is 16.7 Å². The van der Waals surface area contributed by atoms with Crippen LogP contribution in [0.25, 0.3) is 33.4 Å². The fourth-order valence-corrected chi connectivity index (χ4v) is 6.79. The molecule has 2 aromatic carbocycles. The number of hydrogen-bond acceptors (Lipinski definition) is 3.